The first-order valence-corrected chi connectivity index (χ1v) is 8.23. The number of anilines is 1. The van der Waals surface area contributed by atoms with Crippen molar-refractivity contribution in [3.05, 3.63) is 47.8 Å². The summed E-state index contributed by atoms with van der Waals surface area (Å²) in [5, 5.41) is 7.43. The van der Waals surface area contributed by atoms with E-state index in [4.69, 9.17) is 20.6 Å². The third-order valence-electron chi connectivity index (χ3n) is 4.21. The first-order valence-electron chi connectivity index (χ1n) is 8.23. The number of amidine groups is 1. The minimum Gasteiger partial charge on any atom is -0.489 e. The normalized spacial score (nSPS) is 16.5. The first kappa shape index (κ1) is 17.8. The van der Waals surface area contributed by atoms with Gasteiger partial charge >= 0.3 is 5.97 Å². The number of rotatable bonds is 7. The third kappa shape index (κ3) is 4.15. The first-order chi connectivity index (χ1) is 12.6. The lowest BCUT2D eigenvalue weighted by atomic mass is 10.2. The minimum atomic E-state index is -0.313. The summed E-state index contributed by atoms with van der Waals surface area (Å²) in [6, 6.07) is 7.48. The monoisotopic (exact) mass is 358 g/mol. The fourth-order valence-corrected chi connectivity index (χ4v) is 2.74. The van der Waals surface area contributed by atoms with E-state index in [1.807, 2.05) is 24.3 Å². The molecule has 4 N–H and O–H groups in total. The van der Waals surface area contributed by atoms with Gasteiger partial charge < -0.3 is 29.8 Å². The molecule has 1 aromatic carbocycles. The van der Waals surface area contributed by atoms with Gasteiger partial charge in [0.25, 0.3) is 0 Å². The maximum atomic E-state index is 11.4. The summed E-state index contributed by atoms with van der Waals surface area (Å²) in [4.78, 5) is 16.4. The van der Waals surface area contributed by atoms with Crippen LogP contribution in [0.1, 0.15) is 11.1 Å². The van der Waals surface area contributed by atoms with E-state index in [9.17, 15) is 4.79 Å². The van der Waals surface area contributed by atoms with Crippen LogP contribution in [0, 0.1) is 5.41 Å². The SMILES string of the molecule is COC(=O)Cc1c[nH]cc1OCC1CN(c2ccc(C(=N)N)cc2)CO1. The van der Waals surface area contributed by atoms with Crippen LogP contribution in [0.5, 0.6) is 5.75 Å². The number of carbonyl (C=O) groups is 1. The highest BCUT2D eigenvalue weighted by molar-refractivity contribution is 5.95. The van der Waals surface area contributed by atoms with Crippen molar-refractivity contribution in [2.24, 2.45) is 5.73 Å². The predicted molar refractivity (Wildman–Crippen MR) is 96.6 cm³/mol. The smallest absolute Gasteiger partial charge is 0.310 e. The van der Waals surface area contributed by atoms with Crippen LogP contribution in [-0.4, -0.2) is 49.9 Å². The van der Waals surface area contributed by atoms with E-state index in [2.05, 4.69) is 14.6 Å². The Hall–Kier alpha value is -3.00. The Labute approximate surface area is 151 Å². The molecule has 8 nitrogen and oxygen atoms in total. The van der Waals surface area contributed by atoms with Crippen LogP contribution in [0.2, 0.25) is 0 Å². The van der Waals surface area contributed by atoms with Gasteiger partial charge in [0.05, 0.1) is 13.5 Å². The third-order valence-corrected chi connectivity index (χ3v) is 4.21. The van der Waals surface area contributed by atoms with Crippen molar-refractivity contribution in [3.63, 3.8) is 0 Å². The Morgan fingerprint density at radius 3 is 2.85 bits per heavy atom. The molecule has 0 saturated carbocycles. The van der Waals surface area contributed by atoms with Gasteiger partial charge in [-0.1, -0.05) is 0 Å². The molecule has 2 aromatic rings. The summed E-state index contributed by atoms with van der Waals surface area (Å²) >= 11 is 0. The maximum Gasteiger partial charge on any atom is 0.310 e. The zero-order chi connectivity index (χ0) is 18.5. The Balaban J connectivity index is 1.53. The Bertz CT molecular complexity index is 772. The number of nitrogens with one attached hydrogen (secondary N) is 2. The molecule has 0 spiro atoms. The van der Waals surface area contributed by atoms with Crippen molar-refractivity contribution >= 4 is 17.5 Å². The van der Waals surface area contributed by atoms with Crippen LogP contribution in [-0.2, 0) is 20.7 Å². The van der Waals surface area contributed by atoms with E-state index in [-0.39, 0.29) is 24.3 Å². The highest BCUT2D eigenvalue weighted by Gasteiger charge is 2.24. The number of esters is 1. The largest absolute Gasteiger partial charge is 0.489 e. The standard InChI is InChI=1S/C18H22N4O4/c1-24-17(23)6-13-7-21-8-16(13)25-10-15-9-22(11-26-15)14-4-2-12(3-5-14)18(19)20/h2-5,7-8,15,21H,6,9-11H2,1H3,(H3,19,20). The zero-order valence-electron chi connectivity index (χ0n) is 14.5. The predicted octanol–water partition coefficient (Wildman–Crippen LogP) is 1.26. The second-order valence-electron chi connectivity index (χ2n) is 6.01. The number of carbonyl (C=O) groups excluding carboxylic acids is 1. The quantitative estimate of drug-likeness (QED) is 0.390. The number of methoxy groups -OCH3 is 1. The van der Waals surface area contributed by atoms with E-state index in [0.29, 0.717) is 31.2 Å². The summed E-state index contributed by atoms with van der Waals surface area (Å²) in [6.07, 6.45) is 3.52. The molecule has 0 amide bonds. The van der Waals surface area contributed by atoms with Gasteiger partial charge in [-0.2, -0.15) is 0 Å². The lowest BCUT2D eigenvalue weighted by molar-refractivity contribution is -0.139. The fourth-order valence-electron chi connectivity index (χ4n) is 2.74. The van der Waals surface area contributed by atoms with Gasteiger partial charge in [0.1, 0.15) is 31.0 Å². The van der Waals surface area contributed by atoms with Gasteiger partial charge in [-0.3, -0.25) is 10.2 Å². The Morgan fingerprint density at radius 2 is 2.15 bits per heavy atom. The number of benzene rings is 1. The van der Waals surface area contributed by atoms with Crippen LogP contribution in [0.4, 0.5) is 5.69 Å². The Kier molecular flexibility index (Phi) is 5.43. The van der Waals surface area contributed by atoms with Crippen molar-refractivity contribution in [3.8, 4) is 5.75 Å². The molecule has 8 heteroatoms. The number of hydrogen-bond acceptors (Lipinski definition) is 6. The minimum absolute atomic E-state index is 0.0507. The average molecular weight is 358 g/mol. The van der Waals surface area contributed by atoms with Crippen molar-refractivity contribution in [1.82, 2.24) is 4.98 Å². The van der Waals surface area contributed by atoms with E-state index >= 15 is 0 Å². The molecule has 0 aliphatic carbocycles. The maximum absolute atomic E-state index is 11.4. The highest BCUT2D eigenvalue weighted by atomic mass is 16.5. The van der Waals surface area contributed by atoms with Gasteiger partial charge in [-0.15, -0.1) is 0 Å². The number of ether oxygens (including phenoxy) is 3. The van der Waals surface area contributed by atoms with Crippen LogP contribution in [0.3, 0.4) is 0 Å². The van der Waals surface area contributed by atoms with Crippen LogP contribution >= 0.6 is 0 Å². The molecule has 1 atom stereocenters. The van der Waals surface area contributed by atoms with Crippen molar-refractivity contribution in [1.29, 1.82) is 5.41 Å². The number of nitrogen functional groups attached to an aromatic ring is 1. The molecular weight excluding hydrogens is 336 g/mol. The second kappa shape index (κ2) is 7.92. The number of hydrogen-bond donors (Lipinski definition) is 3. The number of aromatic amines is 1. The van der Waals surface area contributed by atoms with Gasteiger partial charge in [-0.25, -0.2) is 0 Å². The van der Waals surface area contributed by atoms with E-state index in [1.165, 1.54) is 7.11 Å². The molecule has 1 fully saturated rings. The molecule has 1 saturated heterocycles. The fraction of sp³-hybridized carbons (Fsp3) is 0.333. The molecule has 0 radical (unpaired) electrons. The van der Waals surface area contributed by atoms with Crippen molar-refractivity contribution < 1.29 is 19.0 Å². The van der Waals surface area contributed by atoms with E-state index < -0.39 is 0 Å². The molecule has 1 unspecified atom stereocenters. The molecule has 0 bridgehead atoms. The average Bonchev–Trinajstić information content (AvgIpc) is 3.29. The van der Waals surface area contributed by atoms with E-state index in [0.717, 1.165) is 11.3 Å². The van der Waals surface area contributed by atoms with Gasteiger partial charge in [0.15, 0.2) is 0 Å². The number of aromatic nitrogens is 1. The number of H-pyrrole nitrogens is 1. The lowest BCUT2D eigenvalue weighted by Crippen LogP contribution is -2.25. The Morgan fingerprint density at radius 1 is 1.38 bits per heavy atom. The molecule has 1 aliphatic rings. The van der Waals surface area contributed by atoms with Crippen LogP contribution in [0.25, 0.3) is 0 Å². The molecule has 1 aliphatic heterocycles. The summed E-state index contributed by atoms with van der Waals surface area (Å²) in [6.45, 7) is 1.54. The molecule has 3 rings (SSSR count). The molecule has 26 heavy (non-hydrogen) atoms. The molecular formula is C18H22N4O4. The summed E-state index contributed by atoms with van der Waals surface area (Å²) < 4.78 is 16.3. The van der Waals surface area contributed by atoms with Gasteiger partial charge in [0.2, 0.25) is 0 Å². The summed E-state index contributed by atoms with van der Waals surface area (Å²) in [5.74, 6) is 0.366. The lowest BCUT2D eigenvalue weighted by Gasteiger charge is -2.16. The van der Waals surface area contributed by atoms with Crippen LogP contribution in [0.15, 0.2) is 36.7 Å². The van der Waals surface area contributed by atoms with Crippen molar-refractivity contribution in [2.45, 2.75) is 12.5 Å². The second-order valence-corrected chi connectivity index (χ2v) is 6.01. The zero-order valence-corrected chi connectivity index (χ0v) is 14.5. The summed E-state index contributed by atoms with van der Waals surface area (Å²) in [7, 11) is 1.36. The van der Waals surface area contributed by atoms with Crippen LogP contribution < -0.4 is 15.4 Å². The molecule has 138 valence electrons. The number of nitrogens with two attached hydrogens (primary N) is 1. The van der Waals surface area contributed by atoms with Gasteiger partial charge in [-0.05, 0) is 24.3 Å². The van der Waals surface area contributed by atoms with Crippen molar-refractivity contribution in [2.75, 3.05) is 31.9 Å². The summed E-state index contributed by atoms with van der Waals surface area (Å²) in [5.41, 5.74) is 7.93. The molecule has 2 heterocycles. The highest BCUT2D eigenvalue weighted by Crippen LogP contribution is 2.23. The molecule has 1 aromatic heterocycles. The topological polar surface area (TPSA) is 114 Å². The van der Waals surface area contributed by atoms with Gasteiger partial charge in [0, 0.05) is 35.8 Å². The van der Waals surface area contributed by atoms with E-state index in [1.54, 1.807) is 12.4 Å². The number of nitrogens with zero attached hydrogens (tertiary/aromatic N) is 1.